The van der Waals surface area contributed by atoms with E-state index in [0.29, 0.717) is 6.42 Å². The van der Waals surface area contributed by atoms with E-state index in [0.717, 1.165) is 17.0 Å². The third-order valence-corrected chi connectivity index (χ3v) is 2.86. The van der Waals surface area contributed by atoms with E-state index >= 15 is 0 Å². The Bertz CT molecular complexity index is 544. The highest BCUT2D eigenvalue weighted by atomic mass is 16.5. The smallest absolute Gasteiger partial charge is 0.228 e. The molecule has 0 aliphatic heterocycles. The van der Waals surface area contributed by atoms with Crippen LogP contribution in [0.1, 0.15) is 11.1 Å². The maximum absolute atomic E-state index is 11.9. The number of anilines is 1. The van der Waals surface area contributed by atoms with Crippen LogP contribution in [0.3, 0.4) is 0 Å². The highest BCUT2D eigenvalue weighted by Gasteiger charge is 2.04. The summed E-state index contributed by atoms with van der Waals surface area (Å²) < 4.78 is 5.08. The number of rotatable bonds is 4. The highest BCUT2D eigenvalue weighted by molar-refractivity contribution is 5.92. The molecule has 0 fully saturated rings. The van der Waals surface area contributed by atoms with Gasteiger partial charge in [0.15, 0.2) is 0 Å². The van der Waals surface area contributed by atoms with Gasteiger partial charge in [-0.05, 0) is 36.8 Å². The van der Waals surface area contributed by atoms with Crippen molar-refractivity contribution < 1.29 is 9.53 Å². The second-order valence-electron chi connectivity index (χ2n) is 4.44. The molecule has 3 heteroatoms. The highest BCUT2D eigenvalue weighted by Crippen LogP contribution is 2.13. The minimum Gasteiger partial charge on any atom is -0.497 e. The van der Waals surface area contributed by atoms with E-state index in [1.54, 1.807) is 7.11 Å². The summed E-state index contributed by atoms with van der Waals surface area (Å²) in [6, 6.07) is 15.3. The zero-order valence-electron chi connectivity index (χ0n) is 11.1. The standard InChI is InChI=1S/C16H17NO2/c1-12-3-7-14(8-4-12)17-16(18)11-13-5-9-15(19-2)10-6-13/h3-10H,11H2,1-2H3,(H,17,18). The average Bonchev–Trinajstić information content (AvgIpc) is 2.42. The summed E-state index contributed by atoms with van der Waals surface area (Å²) >= 11 is 0. The van der Waals surface area contributed by atoms with Crippen molar-refractivity contribution in [2.45, 2.75) is 13.3 Å². The first-order valence-electron chi connectivity index (χ1n) is 6.17. The molecule has 0 heterocycles. The quantitative estimate of drug-likeness (QED) is 0.911. The van der Waals surface area contributed by atoms with Gasteiger partial charge in [0.1, 0.15) is 5.75 Å². The van der Waals surface area contributed by atoms with Gasteiger partial charge in [-0.2, -0.15) is 0 Å². The Labute approximate surface area is 113 Å². The molecule has 0 unspecified atom stereocenters. The molecule has 1 amide bonds. The first-order valence-corrected chi connectivity index (χ1v) is 6.17. The van der Waals surface area contributed by atoms with E-state index in [9.17, 15) is 4.79 Å². The summed E-state index contributed by atoms with van der Waals surface area (Å²) in [5.41, 5.74) is 2.96. The third kappa shape index (κ3) is 3.85. The fraction of sp³-hybridized carbons (Fsp3) is 0.188. The molecule has 0 aromatic heterocycles. The number of benzene rings is 2. The summed E-state index contributed by atoms with van der Waals surface area (Å²) in [6.07, 6.45) is 0.359. The molecule has 0 atom stereocenters. The maximum Gasteiger partial charge on any atom is 0.228 e. The molecule has 0 bridgehead atoms. The summed E-state index contributed by atoms with van der Waals surface area (Å²) in [4.78, 5) is 11.9. The number of amides is 1. The van der Waals surface area contributed by atoms with Gasteiger partial charge < -0.3 is 10.1 Å². The van der Waals surface area contributed by atoms with Crippen molar-refractivity contribution in [1.82, 2.24) is 0 Å². The molecule has 0 aliphatic rings. The fourth-order valence-corrected chi connectivity index (χ4v) is 1.77. The first-order chi connectivity index (χ1) is 9.17. The molecule has 3 nitrogen and oxygen atoms in total. The molecular weight excluding hydrogens is 238 g/mol. The van der Waals surface area contributed by atoms with E-state index in [1.165, 1.54) is 5.56 Å². The number of methoxy groups -OCH3 is 1. The van der Waals surface area contributed by atoms with Crippen LogP contribution in [0.25, 0.3) is 0 Å². The predicted octanol–water partition coefficient (Wildman–Crippen LogP) is 3.18. The molecule has 98 valence electrons. The number of carbonyl (C=O) groups is 1. The SMILES string of the molecule is COc1ccc(CC(=O)Nc2ccc(C)cc2)cc1. The predicted molar refractivity (Wildman–Crippen MR) is 76.5 cm³/mol. The van der Waals surface area contributed by atoms with Crippen LogP contribution in [0.15, 0.2) is 48.5 Å². The molecule has 0 aliphatic carbocycles. The normalized spacial score (nSPS) is 10.0. The maximum atomic E-state index is 11.9. The minimum atomic E-state index is -0.0194. The van der Waals surface area contributed by atoms with Crippen molar-refractivity contribution >= 4 is 11.6 Å². The van der Waals surface area contributed by atoms with Crippen molar-refractivity contribution in [1.29, 1.82) is 0 Å². The van der Waals surface area contributed by atoms with Gasteiger partial charge >= 0.3 is 0 Å². The number of ether oxygens (including phenoxy) is 1. The van der Waals surface area contributed by atoms with Crippen LogP contribution in [0.2, 0.25) is 0 Å². The van der Waals surface area contributed by atoms with Crippen LogP contribution in [-0.4, -0.2) is 13.0 Å². The topological polar surface area (TPSA) is 38.3 Å². The van der Waals surface area contributed by atoms with E-state index < -0.39 is 0 Å². The molecule has 0 saturated heterocycles. The van der Waals surface area contributed by atoms with E-state index in [4.69, 9.17) is 4.74 Å². The summed E-state index contributed by atoms with van der Waals surface area (Å²) in [7, 11) is 1.62. The lowest BCUT2D eigenvalue weighted by molar-refractivity contribution is -0.115. The van der Waals surface area contributed by atoms with Gasteiger partial charge in [0.05, 0.1) is 13.5 Å². The molecule has 2 aromatic rings. The molecule has 2 aromatic carbocycles. The molecule has 0 saturated carbocycles. The first kappa shape index (κ1) is 13.1. The molecule has 1 N–H and O–H groups in total. The van der Waals surface area contributed by atoms with Crippen molar-refractivity contribution in [3.05, 3.63) is 59.7 Å². The van der Waals surface area contributed by atoms with Crippen molar-refractivity contribution in [2.24, 2.45) is 0 Å². The van der Waals surface area contributed by atoms with E-state index in [1.807, 2.05) is 55.5 Å². The Morgan fingerprint density at radius 2 is 1.68 bits per heavy atom. The Morgan fingerprint density at radius 3 is 2.26 bits per heavy atom. The van der Waals surface area contributed by atoms with Crippen molar-refractivity contribution in [2.75, 3.05) is 12.4 Å². The van der Waals surface area contributed by atoms with Gasteiger partial charge in [0, 0.05) is 5.69 Å². The largest absolute Gasteiger partial charge is 0.497 e. The Hall–Kier alpha value is -2.29. The van der Waals surface area contributed by atoms with Crippen LogP contribution >= 0.6 is 0 Å². The second kappa shape index (κ2) is 6.05. The van der Waals surface area contributed by atoms with Crippen LogP contribution in [0.4, 0.5) is 5.69 Å². The Kier molecular flexibility index (Phi) is 4.18. The third-order valence-electron chi connectivity index (χ3n) is 2.86. The van der Waals surface area contributed by atoms with Gasteiger partial charge in [0.2, 0.25) is 5.91 Å². The second-order valence-corrected chi connectivity index (χ2v) is 4.44. The zero-order chi connectivity index (χ0) is 13.7. The van der Waals surface area contributed by atoms with Gasteiger partial charge in [-0.15, -0.1) is 0 Å². The van der Waals surface area contributed by atoms with Gasteiger partial charge in [0.25, 0.3) is 0 Å². The Balaban J connectivity index is 1.95. The number of hydrogen-bond donors (Lipinski definition) is 1. The fourth-order valence-electron chi connectivity index (χ4n) is 1.77. The number of hydrogen-bond acceptors (Lipinski definition) is 2. The van der Waals surface area contributed by atoms with Crippen LogP contribution in [0.5, 0.6) is 5.75 Å². The summed E-state index contributed by atoms with van der Waals surface area (Å²) in [6.45, 7) is 2.02. The van der Waals surface area contributed by atoms with Gasteiger partial charge in [-0.1, -0.05) is 29.8 Å². The van der Waals surface area contributed by atoms with Crippen LogP contribution in [0, 0.1) is 6.92 Å². The number of carbonyl (C=O) groups excluding carboxylic acids is 1. The van der Waals surface area contributed by atoms with Gasteiger partial charge in [-0.3, -0.25) is 4.79 Å². The summed E-state index contributed by atoms with van der Waals surface area (Å²) in [5.74, 6) is 0.775. The van der Waals surface area contributed by atoms with Crippen molar-refractivity contribution in [3.63, 3.8) is 0 Å². The lowest BCUT2D eigenvalue weighted by atomic mass is 10.1. The molecule has 0 radical (unpaired) electrons. The monoisotopic (exact) mass is 255 g/mol. The Morgan fingerprint density at radius 1 is 1.05 bits per heavy atom. The number of aryl methyl sites for hydroxylation is 1. The van der Waals surface area contributed by atoms with Crippen LogP contribution in [-0.2, 0) is 11.2 Å². The molecule has 0 spiro atoms. The molecule has 19 heavy (non-hydrogen) atoms. The summed E-state index contributed by atoms with van der Waals surface area (Å²) in [5, 5.41) is 2.88. The lowest BCUT2D eigenvalue weighted by Gasteiger charge is -2.06. The van der Waals surface area contributed by atoms with E-state index in [-0.39, 0.29) is 5.91 Å². The average molecular weight is 255 g/mol. The number of nitrogens with one attached hydrogen (secondary N) is 1. The van der Waals surface area contributed by atoms with E-state index in [2.05, 4.69) is 5.32 Å². The zero-order valence-corrected chi connectivity index (χ0v) is 11.1. The van der Waals surface area contributed by atoms with Crippen molar-refractivity contribution in [3.8, 4) is 5.75 Å². The minimum absolute atomic E-state index is 0.0194. The molecular formula is C16H17NO2. The molecule has 2 rings (SSSR count). The van der Waals surface area contributed by atoms with Crippen LogP contribution < -0.4 is 10.1 Å². The van der Waals surface area contributed by atoms with Gasteiger partial charge in [-0.25, -0.2) is 0 Å². The lowest BCUT2D eigenvalue weighted by Crippen LogP contribution is -2.14.